The molecule has 0 aliphatic carbocycles. The fraction of sp³-hybridized carbons (Fsp3) is 0.125. The predicted molar refractivity (Wildman–Crippen MR) is 65.6 cm³/mol. The van der Waals surface area contributed by atoms with Gasteiger partial charge in [0.05, 0.1) is 3.57 Å². The zero-order chi connectivity index (χ0) is 10.1. The van der Waals surface area contributed by atoms with Gasteiger partial charge in [0.15, 0.2) is 10.8 Å². The normalized spacial score (nSPS) is 10.5. The lowest BCUT2D eigenvalue weighted by atomic mass is 10.5. The number of hydrogen-bond acceptors (Lipinski definition) is 4. The smallest absolute Gasteiger partial charge is 0.190 e. The Balaban J connectivity index is 2.47. The Morgan fingerprint density at radius 2 is 2.21 bits per heavy atom. The molecule has 0 fully saturated rings. The molecule has 0 saturated carbocycles. The lowest BCUT2D eigenvalue weighted by Crippen LogP contribution is -1.90. The van der Waals surface area contributed by atoms with Crippen LogP contribution in [0.3, 0.4) is 0 Å². The molecular formula is C8H5ClIN3S. The zero-order valence-electron chi connectivity index (χ0n) is 7.16. The predicted octanol–water partition coefficient (Wildman–Crippen LogP) is 3.17. The second-order valence-electron chi connectivity index (χ2n) is 2.63. The van der Waals surface area contributed by atoms with Gasteiger partial charge in [-0.2, -0.15) is 0 Å². The molecule has 0 N–H and O–H groups in total. The second-order valence-corrected chi connectivity index (χ2v) is 5.00. The van der Waals surface area contributed by atoms with E-state index in [4.69, 9.17) is 11.6 Å². The zero-order valence-corrected chi connectivity index (χ0v) is 10.9. The molecule has 0 aliphatic rings. The van der Waals surface area contributed by atoms with E-state index in [1.165, 1.54) is 11.3 Å². The number of thiazole rings is 1. The first-order valence-corrected chi connectivity index (χ1v) is 6.11. The highest BCUT2D eigenvalue weighted by atomic mass is 127. The maximum atomic E-state index is 5.89. The Bertz CT molecular complexity index is 471. The summed E-state index contributed by atoms with van der Waals surface area (Å²) in [6.07, 6.45) is 1.70. The third-order valence-electron chi connectivity index (χ3n) is 1.51. The Kier molecular flexibility index (Phi) is 2.99. The number of nitrogens with zero attached hydrogens (tertiary/aromatic N) is 3. The van der Waals surface area contributed by atoms with E-state index in [9.17, 15) is 0 Å². The van der Waals surface area contributed by atoms with Gasteiger partial charge in [-0.3, -0.25) is 0 Å². The van der Waals surface area contributed by atoms with Crippen molar-refractivity contribution in [2.75, 3.05) is 0 Å². The quantitative estimate of drug-likeness (QED) is 0.593. The van der Waals surface area contributed by atoms with Crippen LogP contribution in [0.4, 0.5) is 0 Å². The SMILES string of the molecule is Cc1csc(-c2ncc(I)c(Cl)n2)n1. The summed E-state index contributed by atoms with van der Waals surface area (Å²) in [7, 11) is 0. The molecule has 14 heavy (non-hydrogen) atoms. The van der Waals surface area contributed by atoms with Crippen LogP contribution in [0.25, 0.3) is 10.8 Å². The van der Waals surface area contributed by atoms with E-state index in [2.05, 4.69) is 37.5 Å². The molecule has 72 valence electrons. The lowest BCUT2D eigenvalue weighted by molar-refractivity contribution is 1.13. The topological polar surface area (TPSA) is 38.7 Å². The average molecular weight is 338 g/mol. The first-order valence-electron chi connectivity index (χ1n) is 3.77. The van der Waals surface area contributed by atoms with Gasteiger partial charge in [0.25, 0.3) is 0 Å². The van der Waals surface area contributed by atoms with E-state index < -0.39 is 0 Å². The van der Waals surface area contributed by atoms with E-state index in [0.717, 1.165) is 14.3 Å². The molecule has 0 unspecified atom stereocenters. The van der Waals surface area contributed by atoms with Crippen LogP contribution in [-0.2, 0) is 0 Å². The average Bonchev–Trinajstić information content (AvgIpc) is 2.57. The number of aromatic nitrogens is 3. The maximum absolute atomic E-state index is 5.89. The van der Waals surface area contributed by atoms with Crippen LogP contribution in [0.5, 0.6) is 0 Å². The molecule has 0 saturated heterocycles. The van der Waals surface area contributed by atoms with Crippen LogP contribution in [0.1, 0.15) is 5.69 Å². The van der Waals surface area contributed by atoms with Gasteiger partial charge in [0.2, 0.25) is 0 Å². The van der Waals surface area contributed by atoms with Crippen molar-refractivity contribution in [3.05, 3.63) is 26.0 Å². The van der Waals surface area contributed by atoms with Crippen LogP contribution < -0.4 is 0 Å². The molecule has 2 aromatic heterocycles. The number of halogens is 2. The third kappa shape index (κ3) is 2.04. The highest BCUT2D eigenvalue weighted by Gasteiger charge is 2.07. The molecular weight excluding hydrogens is 333 g/mol. The Morgan fingerprint density at radius 3 is 2.79 bits per heavy atom. The fourth-order valence-corrected chi connectivity index (χ4v) is 2.03. The summed E-state index contributed by atoms with van der Waals surface area (Å²) in [5.41, 5.74) is 0.975. The summed E-state index contributed by atoms with van der Waals surface area (Å²) in [5.74, 6) is 0.591. The van der Waals surface area contributed by atoms with Crippen molar-refractivity contribution in [2.24, 2.45) is 0 Å². The summed E-state index contributed by atoms with van der Waals surface area (Å²) in [5, 5.41) is 3.24. The third-order valence-corrected chi connectivity index (χ3v) is 3.86. The maximum Gasteiger partial charge on any atom is 0.190 e. The number of aryl methyl sites for hydroxylation is 1. The minimum atomic E-state index is 0.475. The van der Waals surface area contributed by atoms with E-state index in [-0.39, 0.29) is 0 Å². The van der Waals surface area contributed by atoms with Crippen molar-refractivity contribution in [1.29, 1.82) is 0 Å². The van der Waals surface area contributed by atoms with Crippen LogP contribution >= 0.6 is 45.5 Å². The Hall–Kier alpha value is -0.270. The molecule has 0 aliphatic heterocycles. The molecule has 6 heteroatoms. The monoisotopic (exact) mass is 337 g/mol. The van der Waals surface area contributed by atoms with Gasteiger partial charge in [0, 0.05) is 17.3 Å². The van der Waals surface area contributed by atoms with E-state index in [0.29, 0.717) is 11.0 Å². The van der Waals surface area contributed by atoms with Gasteiger partial charge in [-0.15, -0.1) is 11.3 Å². The van der Waals surface area contributed by atoms with E-state index in [1.807, 2.05) is 12.3 Å². The van der Waals surface area contributed by atoms with Crippen molar-refractivity contribution in [1.82, 2.24) is 15.0 Å². The van der Waals surface area contributed by atoms with Crippen LogP contribution in [-0.4, -0.2) is 15.0 Å². The van der Waals surface area contributed by atoms with Crippen LogP contribution in [0.15, 0.2) is 11.6 Å². The molecule has 0 aromatic carbocycles. The minimum Gasteiger partial charge on any atom is -0.238 e. The van der Waals surface area contributed by atoms with Gasteiger partial charge in [-0.1, -0.05) is 11.6 Å². The van der Waals surface area contributed by atoms with Crippen LogP contribution in [0.2, 0.25) is 5.15 Å². The Labute approximate surface area is 104 Å². The molecule has 0 bridgehead atoms. The summed E-state index contributed by atoms with van der Waals surface area (Å²) in [4.78, 5) is 12.6. The van der Waals surface area contributed by atoms with Crippen molar-refractivity contribution >= 4 is 45.5 Å². The molecule has 0 amide bonds. The fourth-order valence-electron chi connectivity index (χ4n) is 0.906. The van der Waals surface area contributed by atoms with Gasteiger partial charge in [0.1, 0.15) is 5.15 Å². The Morgan fingerprint density at radius 1 is 1.43 bits per heavy atom. The molecule has 0 radical (unpaired) electrons. The first kappa shape index (κ1) is 10.3. The molecule has 2 heterocycles. The standard InChI is InChI=1S/C8H5ClIN3S/c1-4-3-14-8(12-4)7-11-2-5(10)6(9)13-7/h2-3H,1H3. The summed E-state index contributed by atoms with van der Waals surface area (Å²) in [6, 6.07) is 0. The van der Waals surface area contributed by atoms with Gasteiger partial charge in [-0.05, 0) is 29.5 Å². The van der Waals surface area contributed by atoms with E-state index in [1.54, 1.807) is 6.20 Å². The molecule has 0 atom stereocenters. The number of rotatable bonds is 1. The van der Waals surface area contributed by atoms with Gasteiger partial charge < -0.3 is 0 Å². The highest BCUT2D eigenvalue weighted by molar-refractivity contribution is 14.1. The van der Waals surface area contributed by atoms with Crippen LogP contribution in [0, 0.1) is 10.5 Å². The highest BCUT2D eigenvalue weighted by Crippen LogP contribution is 2.22. The largest absolute Gasteiger partial charge is 0.238 e. The van der Waals surface area contributed by atoms with Crippen molar-refractivity contribution in [3.63, 3.8) is 0 Å². The minimum absolute atomic E-state index is 0.475. The number of hydrogen-bond donors (Lipinski definition) is 0. The van der Waals surface area contributed by atoms with Crippen molar-refractivity contribution < 1.29 is 0 Å². The second kappa shape index (κ2) is 4.08. The summed E-state index contributed by atoms with van der Waals surface area (Å²) < 4.78 is 0.848. The van der Waals surface area contributed by atoms with Crippen molar-refractivity contribution in [3.8, 4) is 10.8 Å². The molecule has 2 rings (SSSR count). The summed E-state index contributed by atoms with van der Waals surface area (Å²) in [6.45, 7) is 1.94. The molecule has 2 aromatic rings. The van der Waals surface area contributed by atoms with Gasteiger partial charge in [-0.25, -0.2) is 15.0 Å². The summed E-state index contributed by atoms with van der Waals surface area (Å²) >= 11 is 9.50. The first-order chi connectivity index (χ1) is 6.66. The van der Waals surface area contributed by atoms with Crippen molar-refractivity contribution in [2.45, 2.75) is 6.92 Å². The van der Waals surface area contributed by atoms with E-state index >= 15 is 0 Å². The van der Waals surface area contributed by atoms with Gasteiger partial charge >= 0.3 is 0 Å². The lowest BCUT2D eigenvalue weighted by Gasteiger charge is -1.96. The molecule has 3 nitrogen and oxygen atoms in total. The molecule has 0 spiro atoms.